The van der Waals surface area contributed by atoms with Crippen molar-refractivity contribution in [1.82, 2.24) is 0 Å². The number of nitrogens with two attached hydrogens (primary N) is 2. The molecule has 0 heterocycles. The first-order chi connectivity index (χ1) is 14.6. The van der Waals surface area contributed by atoms with Crippen molar-refractivity contribution in [2.24, 2.45) is 0 Å². The monoisotopic (exact) mass is 390 g/mol. The Kier molecular flexibility index (Phi) is 4.55. The molecule has 0 radical (unpaired) electrons. The zero-order valence-electron chi connectivity index (χ0n) is 17.2. The third-order valence-corrected chi connectivity index (χ3v) is 6.27. The van der Waals surface area contributed by atoms with Crippen molar-refractivity contribution >= 4 is 11.4 Å². The number of nitrogen functional groups attached to an aromatic ring is 2. The van der Waals surface area contributed by atoms with Gasteiger partial charge < -0.3 is 11.5 Å². The smallest absolute Gasteiger partial charge is 0.0314 e. The molecule has 0 bridgehead atoms. The van der Waals surface area contributed by atoms with Crippen LogP contribution in [0.25, 0.3) is 22.3 Å². The molecule has 0 fully saturated rings. The van der Waals surface area contributed by atoms with Crippen LogP contribution in [-0.2, 0) is 12.8 Å². The van der Waals surface area contributed by atoms with Crippen LogP contribution >= 0.6 is 0 Å². The van der Waals surface area contributed by atoms with Gasteiger partial charge in [0, 0.05) is 11.4 Å². The molecule has 2 heteroatoms. The highest BCUT2D eigenvalue weighted by molar-refractivity contribution is 5.87. The van der Waals surface area contributed by atoms with Crippen LogP contribution in [0.5, 0.6) is 0 Å². The molecule has 1 atom stereocenters. The number of rotatable bonds is 4. The maximum Gasteiger partial charge on any atom is 0.0314 e. The summed E-state index contributed by atoms with van der Waals surface area (Å²) in [7, 11) is 0. The summed E-state index contributed by atoms with van der Waals surface area (Å²) in [5.41, 5.74) is 24.3. The Morgan fingerprint density at radius 1 is 0.733 bits per heavy atom. The predicted octanol–water partition coefficient (Wildman–Crippen LogP) is 6.44. The highest BCUT2D eigenvalue weighted by atomic mass is 14.5. The van der Waals surface area contributed by atoms with Crippen molar-refractivity contribution in [3.8, 4) is 22.3 Å². The summed E-state index contributed by atoms with van der Waals surface area (Å²) in [6.45, 7) is 2.32. The van der Waals surface area contributed by atoms with Crippen LogP contribution in [0.1, 0.15) is 35.1 Å². The third-order valence-electron chi connectivity index (χ3n) is 6.27. The molecule has 1 aliphatic rings. The Morgan fingerprint density at radius 2 is 1.40 bits per heavy atom. The zero-order chi connectivity index (χ0) is 20.7. The molecule has 0 aliphatic heterocycles. The summed E-state index contributed by atoms with van der Waals surface area (Å²) >= 11 is 0. The molecular weight excluding hydrogens is 364 g/mol. The van der Waals surface area contributed by atoms with Gasteiger partial charge in [-0.3, -0.25) is 0 Å². The van der Waals surface area contributed by atoms with E-state index in [0.29, 0.717) is 5.92 Å². The lowest BCUT2D eigenvalue weighted by atomic mass is 9.83. The van der Waals surface area contributed by atoms with E-state index in [9.17, 15) is 0 Å². The molecule has 5 rings (SSSR count). The maximum atomic E-state index is 5.99. The van der Waals surface area contributed by atoms with Gasteiger partial charge in [-0.2, -0.15) is 0 Å². The highest BCUT2D eigenvalue weighted by Gasteiger charge is 2.25. The summed E-state index contributed by atoms with van der Waals surface area (Å²) < 4.78 is 0. The molecule has 0 saturated carbocycles. The van der Waals surface area contributed by atoms with Gasteiger partial charge in [0.05, 0.1) is 0 Å². The van der Waals surface area contributed by atoms with Crippen LogP contribution in [0.2, 0.25) is 0 Å². The topological polar surface area (TPSA) is 52.0 Å². The molecule has 0 saturated heterocycles. The first-order valence-electron chi connectivity index (χ1n) is 10.5. The summed E-state index contributed by atoms with van der Waals surface area (Å²) in [6, 6.07) is 30.0. The van der Waals surface area contributed by atoms with Gasteiger partial charge in [0.25, 0.3) is 0 Å². The van der Waals surface area contributed by atoms with Crippen LogP contribution < -0.4 is 11.5 Å². The Labute approximate surface area is 178 Å². The Balaban J connectivity index is 1.63. The normalized spacial score (nSPS) is 13.0. The molecule has 0 amide bonds. The molecule has 1 aliphatic carbocycles. The largest absolute Gasteiger partial charge is 0.399 e. The Bertz CT molecular complexity index is 1200. The number of anilines is 2. The lowest BCUT2D eigenvalue weighted by molar-refractivity contribution is 0.760. The molecule has 0 spiro atoms. The van der Waals surface area contributed by atoms with E-state index < -0.39 is 0 Å². The first-order valence-corrected chi connectivity index (χ1v) is 10.5. The molecule has 4 aromatic carbocycles. The van der Waals surface area contributed by atoms with Gasteiger partial charge >= 0.3 is 0 Å². The molecule has 4 N–H and O–H groups in total. The molecule has 2 nitrogen and oxygen atoms in total. The molecule has 30 heavy (non-hydrogen) atoms. The summed E-state index contributed by atoms with van der Waals surface area (Å²) in [4.78, 5) is 0. The van der Waals surface area contributed by atoms with Crippen molar-refractivity contribution in [3.05, 3.63) is 107 Å². The van der Waals surface area contributed by atoms with Crippen molar-refractivity contribution in [2.75, 3.05) is 11.5 Å². The Hall–Kier alpha value is -3.52. The van der Waals surface area contributed by atoms with Crippen LogP contribution in [0, 0.1) is 0 Å². The van der Waals surface area contributed by atoms with Crippen LogP contribution in [-0.4, -0.2) is 0 Å². The first kappa shape index (κ1) is 18.5. The standard InChI is InChI=1S/C28H26N2/c1-18(16-19-6-10-22(29)11-7-19)24-14-15-26-25-5-3-2-4-21(25)17-27(26)28(24)20-8-12-23(30)13-9-20/h2-15,18H,16-17,29-30H2,1H3. The fourth-order valence-corrected chi connectivity index (χ4v) is 4.75. The van der Waals surface area contributed by atoms with Gasteiger partial charge in [0.1, 0.15) is 0 Å². The molecule has 0 aromatic heterocycles. The van der Waals surface area contributed by atoms with E-state index in [2.05, 4.69) is 67.6 Å². The van der Waals surface area contributed by atoms with Crippen LogP contribution in [0.3, 0.4) is 0 Å². The van der Waals surface area contributed by atoms with E-state index in [1.807, 2.05) is 24.3 Å². The van der Waals surface area contributed by atoms with Gasteiger partial charge in [-0.15, -0.1) is 0 Å². The predicted molar refractivity (Wildman–Crippen MR) is 128 cm³/mol. The SMILES string of the molecule is CC(Cc1ccc(N)cc1)c1ccc2c(c1-c1ccc(N)cc1)Cc1ccccc1-2. The van der Waals surface area contributed by atoms with Gasteiger partial charge in [-0.05, 0) is 87.5 Å². The summed E-state index contributed by atoms with van der Waals surface area (Å²) in [5.74, 6) is 0.384. The van der Waals surface area contributed by atoms with E-state index in [0.717, 1.165) is 24.2 Å². The van der Waals surface area contributed by atoms with Crippen molar-refractivity contribution in [3.63, 3.8) is 0 Å². The quantitative estimate of drug-likeness (QED) is 0.347. The summed E-state index contributed by atoms with van der Waals surface area (Å²) in [6.07, 6.45) is 1.96. The average Bonchev–Trinajstić information content (AvgIpc) is 3.14. The van der Waals surface area contributed by atoms with E-state index >= 15 is 0 Å². The van der Waals surface area contributed by atoms with E-state index in [1.165, 1.54) is 44.5 Å². The Morgan fingerprint density at radius 3 is 2.13 bits per heavy atom. The summed E-state index contributed by atoms with van der Waals surface area (Å²) in [5, 5.41) is 0. The van der Waals surface area contributed by atoms with Crippen molar-refractivity contribution in [2.45, 2.75) is 25.7 Å². The van der Waals surface area contributed by atoms with Crippen molar-refractivity contribution < 1.29 is 0 Å². The second kappa shape index (κ2) is 7.38. The molecule has 1 unspecified atom stereocenters. The third kappa shape index (κ3) is 3.25. The lowest BCUT2D eigenvalue weighted by Crippen LogP contribution is -2.04. The fourth-order valence-electron chi connectivity index (χ4n) is 4.75. The minimum atomic E-state index is 0.384. The minimum Gasteiger partial charge on any atom is -0.399 e. The second-order valence-electron chi connectivity index (χ2n) is 8.36. The number of fused-ring (bicyclic) bond motifs is 3. The van der Waals surface area contributed by atoms with Gasteiger partial charge in [0.2, 0.25) is 0 Å². The van der Waals surface area contributed by atoms with Crippen LogP contribution in [0.4, 0.5) is 11.4 Å². The van der Waals surface area contributed by atoms with Gasteiger partial charge in [0.15, 0.2) is 0 Å². The van der Waals surface area contributed by atoms with Crippen LogP contribution in [0.15, 0.2) is 84.9 Å². The van der Waals surface area contributed by atoms with Gasteiger partial charge in [-0.1, -0.05) is 67.6 Å². The fraction of sp³-hybridized carbons (Fsp3) is 0.143. The van der Waals surface area contributed by atoms with E-state index in [4.69, 9.17) is 11.5 Å². The molecular formula is C28H26N2. The average molecular weight is 391 g/mol. The second-order valence-corrected chi connectivity index (χ2v) is 8.36. The maximum absolute atomic E-state index is 5.99. The molecule has 4 aromatic rings. The van der Waals surface area contributed by atoms with Crippen molar-refractivity contribution in [1.29, 1.82) is 0 Å². The van der Waals surface area contributed by atoms with E-state index in [1.54, 1.807) is 0 Å². The minimum absolute atomic E-state index is 0.384. The van der Waals surface area contributed by atoms with Gasteiger partial charge in [-0.25, -0.2) is 0 Å². The number of benzene rings is 4. The number of hydrogen-bond acceptors (Lipinski definition) is 2. The van der Waals surface area contributed by atoms with E-state index in [-0.39, 0.29) is 0 Å². The molecule has 148 valence electrons. The highest BCUT2D eigenvalue weighted by Crippen LogP contribution is 2.45. The number of hydrogen-bond donors (Lipinski definition) is 2. The zero-order valence-corrected chi connectivity index (χ0v) is 17.2. The lowest BCUT2D eigenvalue weighted by Gasteiger charge is -2.21.